The zero-order valence-electron chi connectivity index (χ0n) is 14.3. The molecule has 1 aromatic heterocycles. The molecule has 1 N–H and O–H groups in total. The van der Waals surface area contributed by atoms with E-state index < -0.39 is 5.97 Å². The van der Waals surface area contributed by atoms with Crippen molar-refractivity contribution in [3.8, 4) is 11.5 Å². The molecule has 1 fully saturated rings. The first kappa shape index (κ1) is 17.7. The molecule has 1 aliphatic heterocycles. The monoisotopic (exact) mass is 357 g/mol. The Bertz CT molecular complexity index is 859. The lowest BCUT2D eigenvalue weighted by Gasteiger charge is -2.31. The van der Waals surface area contributed by atoms with Crippen LogP contribution in [0.2, 0.25) is 0 Å². The predicted octanol–water partition coefficient (Wildman–Crippen LogP) is 1.89. The van der Waals surface area contributed by atoms with Gasteiger partial charge in [-0.05, 0) is 12.1 Å². The van der Waals surface area contributed by atoms with Crippen LogP contribution < -0.4 is 9.47 Å². The lowest BCUT2D eigenvalue weighted by Crippen LogP contribution is -2.41. The second-order valence-corrected chi connectivity index (χ2v) is 5.89. The van der Waals surface area contributed by atoms with E-state index in [0.717, 1.165) is 0 Å². The number of aromatic nitrogens is 2. The van der Waals surface area contributed by atoms with Crippen LogP contribution in [0.5, 0.6) is 11.5 Å². The highest BCUT2D eigenvalue weighted by atomic mass is 16.5. The molecule has 3 rings (SSSR count). The number of aromatic carboxylic acids is 1. The summed E-state index contributed by atoms with van der Waals surface area (Å²) in [4.78, 5) is 32.7. The third-order valence-corrected chi connectivity index (χ3v) is 4.35. The van der Waals surface area contributed by atoms with Crippen LogP contribution in [0.3, 0.4) is 0 Å². The van der Waals surface area contributed by atoms with E-state index in [9.17, 15) is 14.7 Å². The molecular formula is C18H19N3O5. The number of methoxy groups -OCH3 is 1. The van der Waals surface area contributed by atoms with Crippen molar-refractivity contribution in [1.82, 2.24) is 14.9 Å². The topological polar surface area (TPSA) is 102 Å². The summed E-state index contributed by atoms with van der Waals surface area (Å²) in [6, 6.07) is 3.23. The quantitative estimate of drug-likeness (QED) is 0.815. The number of hydrogen-bond acceptors (Lipinski definition) is 6. The Balaban J connectivity index is 1.85. The Hall–Kier alpha value is -3.16. The second-order valence-electron chi connectivity index (χ2n) is 5.89. The fraction of sp³-hybridized carbons (Fsp3) is 0.333. The first-order valence-electron chi connectivity index (χ1n) is 8.17. The van der Waals surface area contributed by atoms with E-state index in [2.05, 4.69) is 16.5 Å². The van der Waals surface area contributed by atoms with Crippen molar-refractivity contribution < 1.29 is 24.2 Å². The van der Waals surface area contributed by atoms with Gasteiger partial charge in [-0.2, -0.15) is 0 Å². The van der Waals surface area contributed by atoms with Crippen LogP contribution in [-0.4, -0.2) is 58.2 Å². The van der Waals surface area contributed by atoms with Crippen molar-refractivity contribution in [3.63, 3.8) is 0 Å². The average Bonchev–Trinajstić information content (AvgIpc) is 2.66. The van der Waals surface area contributed by atoms with Crippen molar-refractivity contribution in [2.24, 2.45) is 0 Å². The number of piperidine rings is 1. The number of carboxylic acids is 1. The minimum absolute atomic E-state index is 0.0880. The summed E-state index contributed by atoms with van der Waals surface area (Å²) in [5, 5.41) is 9.70. The van der Waals surface area contributed by atoms with Crippen LogP contribution >= 0.6 is 0 Å². The van der Waals surface area contributed by atoms with Crippen LogP contribution in [0.25, 0.3) is 10.9 Å². The number of benzene rings is 1. The maximum Gasteiger partial charge on any atom is 0.355 e. The van der Waals surface area contributed by atoms with E-state index in [4.69, 9.17) is 9.47 Å². The molecule has 1 amide bonds. The molecule has 8 heteroatoms. The fourth-order valence-electron chi connectivity index (χ4n) is 2.99. The molecule has 26 heavy (non-hydrogen) atoms. The van der Waals surface area contributed by atoms with Crippen LogP contribution in [0, 0.1) is 0 Å². The molecule has 8 nitrogen and oxygen atoms in total. The van der Waals surface area contributed by atoms with E-state index in [0.29, 0.717) is 48.3 Å². The van der Waals surface area contributed by atoms with E-state index in [-0.39, 0.29) is 17.7 Å². The van der Waals surface area contributed by atoms with Crippen molar-refractivity contribution in [2.75, 3.05) is 20.2 Å². The number of nitrogens with zero attached hydrogens (tertiary/aromatic N) is 3. The molecule has 2 heterocycles. The lowest BCUT2D eigenvalue weighted by molar-refractivity contribution is -0.127. The number of rotatable bonds is 5. The molecule has 1 aliphatic rings. The van der Waals surface area contributed by atoms with Gasteiger partial charge in [-0.25, -0.2) is 14.8 Å². The zero-order chi connectivity index (χ0) is 18.7. The van der Waals surface area contributed by atoms with E-state index in [1.54, 1.807) is 17.0 Å². The lowest BCUT2D eigenvalue weighted by atomic mass is 10.1. The molecule has 0 radical (unpaired) electrons. The smallest absolute Gasteiger partial charge is 0.355 e. The third-order valence-electron chi connectivity index (χ3n) is 4.35. The number of amides is 1. The summed E-state index contributed by atoms with van der Waals surface area (Å²) in [6.07, 6.45) is 3.74. The number of likely N-dealkylation sites (tertiary alicyclic amines) is 1. The van der Waals surface area contributed by atoms with Gasteiger partial charge < -0.3 is 19.5 Å². The molecular weight excluding hydrogens is 338 g/mol. The highest BCUT2D eigenvalue weighted by molar-refractivity contribution is 6.01. The molecule has 1 saturated heterocycles. The maximum absolute atomic E-state index is 11.7. The summed E-state index contributed by atoms with van der Waals surface area (Å²) in [5.41, 5.74) is 0.377. The Morgan fingerprint density at radius 2 is 2.00 bits per heavy atom. The maximum atomic E-state index is 11.7. The average molecular weight is 357 g/mol. The van der Waals surface area contributed by atoms with Crippen LogP contribution in [0.4, 0.5) is 0 Å². The van der Waals surface area contributed by atoms with Gasteiger partial charge in [-0.15, -0.1) is 0 Å². The molecule has 0 aliphatic carbocycles. The second kappa shape index (κ2) is 7.38. The predicted molar refractivity (Wildman–Crippen MR) is 93.5 cm³/mol. The Kier molecular flexibility index (Phi) is 5.01. The molecule has 2 aromatic rings. The van der Waals surface area contributed by atoms with Crippen molar-refractivity contribution in [2.45, 2.75) is 18.9 Å². The largest absolute Gasteiger partial charge is 0.493 e. The van der Waals surface area contributed by atoms with Gasteiger partial charge in [0.15, 0.2) is 17.2 Å². The number of carbonyl (C=O) groups is 2. The van der Waals surface area contributed by atoms with Crippen LogP contribution in [0.15, 0.2) is 31.1 Å². The molecule has 136 valence electrons. The van der Waals surface area contributed by atoms with Crippen molar-refractivity contribution in [3.05, 3.63) is 36.8 Å². The highest BCUT2D eigenvalue weighted by Crippen LogP contribution is 2.34. The van der Waals surface area contributed by atoms with Gasteiger partial charge in [0, 0.05) is 37.4 Å². The molecule has 0 bridgehead atoms. The van der Waals surface area contributed by atoms with E-state index in [1.165, 1.54) is 19.5 Å². The number of hydrogen-bond donors (Lipinski definition) is 1. The van der Waals surface area contributed by atoms with Gasteiger partial charge in [0.2, 0.25) is 5.91 Å². The summed E-state index contributed by atoms with van der Waals surface area (Å²) in [7, 11) is 1.51. The van der Waals surface area contributed by atoms with Gasteiger partial charge in [-0.3, -0.25) is 4.79 Å². The first-order chi connectivity index (χ1) is 12.5. The SMILES string of the molecule is C=CC(=O)N1CCC(Oc2cc3c(C(=O)O)ncnc3cc2OC)CC1. The van der Waals surface area contributed by atoms with Gasteiger partial charge in [0.1, 0.15) is 12.4 Å². The summed E-state index contributed by atoms with van der Waals surface area (Å²) < 4.78 is 11.4. The zero-order valence-corrected chi connectivity index (χ0v) is 14.3. The molecule has 0 saturated carbocycles. The molecule has 0 unspecified atom stereocenters. The number of ether oxygens (including phenoxy) is 2. The number of fused-ring (bicyclic) bond motifs is 1. The molecule has 0 spiro atoms. The van der Waals surface area contributed by atoms with E-state index in [1.807, 2.05) is 0 Å². The van der Waals surface area contributed by atoms with Gasteiger partial charge >= 0.3 is 5.97 Å². The van der Waals surface area contributed by atoms with Gasteiger partial charge in [0.25, 0.3) is 0 Å². The highest BCUT2D eigenvalue weighted by Gasteiger charge is 2.24. The normalized spacial score (nSPS) is 14.9. The van der Waals surface area contributed by atoms with Gasteiger partial charge in [-0.1, -0.05) is 6.58 Å². The van der Waals surface area contributed by atoms with E-state index >= 15 is 0 Å². The van der Waals surface area contributed by atoms with Crippen molar-refractivity contribution in [1.29, 1.82) is 0 Å². The Morgan fingerprint density at radius 1 is 1.27 bits per heavy atom. The standard InChI is InChI=1S/C18H19N3O5/c1-3-16(22)21-6-4-11(5-7-21)26-15-8-12-13(9-14(15)25-2)19-10-20-17(12)18(23)24/h3,8-11H,1,4-7H2,2H3,(H,23,24). The molecule has 1 aromatic carbocycles. The minimum Gasteiger partial charge on any atom is -0.493 e. The van der Waals surface area contributed by atoms with Crippen LogP contribution in [-0.2, 0) is 4.79 Å². The fourth-order valence-corrected chi connectivity index (χ4v) is 2.99. The first-order valence-corrected chi connectivity index (χ1v) is 8.17. The summed E-state index contributed by atoms with van der Waals surface area (Å²) in [6.45, 7) is 4.65. The van der Waals surface area contributed by atoms with Gasteiger partial charge in [0.05, 0.1) is 12.6 Å². The Labute approximate surface area is 150 Å². The number of carboxylic acid groups (broad SMARTS) is 1. The number of carbonyl (C=O) groups excluding carboxylic acids is 1. The molecule has 0 atom stereocenters. The Morgan fingerprint density at radius 3 is 2.62 bits per heavy atom. The van der Waals surface area contributed by atoms with Crippen molar-refractivity contribution >= 4 is 22.8 Å². The van der Waals surface area contributed by atoms with Crippen LogP contribution in [0.1, 0.15) is 23.3 Å². The third kappa shape index (κ3) is 3.44. The summed E-state index contributed by atoms with van der Waals surface area (Å²) >= 11 is 0. The minimum atomic E-state index is -1.13. The summed E-state index contributed by atoms with van der Waals surface area (Å²) in [5.74, 6) is -0.317.